The fraction of sp³-hybridized carbons (Fsp3) is 0. The first-order chi connectivity index (χ1) is 8.42. The van der Waals surface area contributed by atoms with Crippen LogP contribution in [0.5, 0.6) is 11.5 Å². The summed E-state index contributed by atoms with van der Waals surface area (Å²) in [4.78, 5) is 0. The van der Waals surface area contributed by atoms with Gasteiger partial charge in [0.1, 0.15) is 11.5 Å². The molecule has 0 spiro atoms. The lowest BCUT2D eigenvalue weighted by molar-refractivity contribution is 0.482. The van der Waals surface area contributed by atoms with Crippen LogP contribution in [-0.2, 0) is 0 Å². The predicted octanol–water partition coefficient (Wildman–Crippen LogP) is 4.43. The number of benzene rings is 3. The largest absolute Gasteiger partial charge is 0.457 e. The third kappa shape index (κ3) is 2.13. The molecule has 0 aromatic heterocycles. The lowest BCUT2D eigenvalue weighted by atomic mass is 10.1. The molecule has 0 aliphatic rings. The second-order valence-electron chi connectivity index (χ2n) is 3.82. The van der Waals surface area contributed by atoms with Gasteiger partial charge in [0, 0.05) is 6.07 Å². The van der Waals surface area contributed by atoms with Crippen molar-refractivity contribution in [3.8, 4) is 11.5 Å². The maximum absolute atomic E-state index is 5.73. The van der Waals surface area contributed by atoms with E-state index >= 15 is 0 Å². The molecule has 81 valence electrons. The van der Waals surface area contributed by atoms with Gasteiger partial charge in [-0.05, 0) is 29.0 Å². The molecule has 0 atom stereocenters. The topological polar surface area (TPSA) is 9.23 Å². The van der Waals surface area contributed by atoms with Gasteiger partial charge in [0.15, 0.2) is 0 Å². The highest BCUT2D eigenvalue weighted by Crippen LogP contribution is 2.24. The molecule has 0 saturated carbocycles. The van der Waals surface area contributed by atoms with E-state index in [1.54, 1.807) is 0 Å². The first-order valence-electron chi connectivity index (χ1n) is 5.56. The van der Waals surface area contributed by atoms with Crippen LogP contribution in [0.4, 0.5) is 0 Å². The quantitative estimate of drug-likeness (QED) is 0.619. The van der Waals surface area contributed by atoms with Crippen LogP contribution < -0.4 is 4.74 Å². The molecule has 3 aromatic carbocycles. The van der Waals surface area contributed by atoms with E-state index in [2.05, 4.69) is 12.1 Å². The van der Waals surface area contributed by atoms with Crippen molar-refractivity contribution in [2.75, 3.05) is 0 Å². The first kappa shape index (κ1) is 9.91. The third-order valence-electron chi connectivity index (χ3n) is 2.60. The number of rotatable bonds is 2. The Kier molecular flexibility index (Phi) is 2.51. The van der Waals surface area contributed by atoms with E-state index in [0.29, 0.717) is 0 Å². The molecule has 3 aromatic rings. The van der Waals surface area contributed by atoms with Gasteiger partial charge in [-0.2, -0.15) is 0 Å². The van der Waals surface area contributed by atoms with E-state index in [4.69, 9.17) is 4.74 Å². The summed E-state index contributed by atoms with van der Waals surface area (Å²) in [6.45, 7) is 0. The zero-order valence-corrected chi connectivity index (χ0v) is 9.26. The minimum atomic E-state index is 0.745. The van der Waals surface area contributed by atoms with Gasteiger partial charge < -0.3 is 4.74 Å². The molecule has 1 nitrogen and oxygen atoms in total. The molecule has 1 heteroatoms. The van der Waals surface area contributed by atoms with Gasteiger partial charge in [0.2, 0.25) is 0 Å². The van der Waals surface area contributed by atoms with Crippen LogP contribution in [0.2, 0.25) is 0 Å². The standard InChI is InChI=1S/C16H11O/c1-2-8-15(9-3-1)17-16-11-10-13-6-4-5-7-14(13)12-16/h1-11H. The average molecular weight is 219 g/mol. The fourth-order valence-corrected chi connectivity index (χ4v) is 1.77. The molecule has 17 heavy (non-hydrogen) atoms. The second-order valence-corrected chi connectivity index (χ2v) is 3.82. The maximum Gasteiger partial charge on any atom is 0.136 e. The van der Waals surface area contributed by atoms with E-state index in [9.17, 15) is 0 Å². The molecular weight excluding hydrogens is 208 g/mol. The number of para-hydroxylation sites is 1. The Balaban J connectivity index is 1.96. The van der Waals surface area contributed by atoms with E-state index < -0.39 is 0 Å². The molecular formula is C16H11O. The molecule has 0 N–H and O–H groups in total. The Morgan fingerprint density at radius 3 is 2.35 bits per heavy atom. The Labute approximate surface area is 100 Å². The average Bonchev–Trinajstić information content (AvgIpc) is 2.40. The summed E-state index contributed by atoms with van der Waals surface area (Å²) in [6.07, 6.45) is 0. The molecule has 0 aliphatic carbocycles. The Hall–Kier alpha value is -2.28. The van der Waals surface area contributed by atoms with E-state index in [1.165, 1.54) is 5.39 Å². The van der Waals surface area contributed by atoms with Crippen molar-refractivity contribution < 1.29 is 4.74 Å². The van der Waals surface area contributed by atoms with Crippen LogP contribution in [0, 0.1) is 6.07 Å². The van der Waals surface area contributed by atoms with Crippen molar-refractivity contribution >= 4 is 10.8 Å². The van der Waals surface area contributed by atoms with Crippen LogP contribution in [0.1, 0.15) is 0 Å². The molecule has 0 bridgehead atoms. The molecule has 0 aliphatic heterocycles. The van der Waals surface area contributed by atoms with E-state index in [0.717, 1.165) is 16.9 Å². The molecule has 1 radical (unpaired) electrons. The highest BCUT2D eigenvalue weighted by molar-refractivity contribution is 5.83. The summed E-state index contributed by atoms with van der Waals surface area (Å²) in [5.41, 5.74) is 0. The van der Waals surface area contributed by atoms with Gasteiger partial charge in [-0.15, -0.1) is 0 Å². The minimum Gasteiger partial charge on any atom is -0.457 e. The van der Waals surface area contributed by atoms with Crippen molar-refractivity contribution in [3.05, 3.63) is 72.8 Å². The lowest BCUT2D eigenvalue weighted by Gasteiger charge is -2.05. The minimum absolute atomic E-state index is 0.745. The molecule has 0 unspecified atom stereocenters. The predicted molar refractivity (Wildman–Crippen MR) is 69.3 cm³/mol. The highest BCUT2D eigenvalue weighted by Gasteiger charge is 1.98. The van der Waals surface area contributed by atoms with Crippen molar-refractivity contribution in [3.63, 3.8) is 0 Å². The molecule has 0 saturated heterocycles. The zero-order valence-electron chi connectivity index (χ0n) is 9.26. The summed E-state index contributed by atoms with van der Waals surface area (Å²) in [5.74, 6) is 1.58. The SMILES string of the molecule is [c]1c(Oc2ccccc2)ccc2ccccc12. The summed E-state index contributed by atoms with van der Waals surface area (Å²) in [6, 6.07) is 25.1. The Morgan fingerprint density at radius 2 is 1.47 bits per heavy atom. The van der Waals surface area contributed by atoms with Crippen LogP contribution in [0.25, 0.3) is 10.8 Å². The highest BCUT2D eigenvalue weighted by atomic mass is 16.5. The van der Waals surface area contributed by atoms with Crippen LogP contribution in [0.3, 0.4) is 0 Å². The van der Waals surface area contributed by atoms with Gasteiger partial charge in [-0.3, -0.25) is 0 Å². The van der Waals surface area contributed by atoms with Crippen molar-refractivity contribution in [2.45, 2.75) is 0 Å². The summed E-state index contributed by atoms with van der Waals surface area (Å²) < 4.78 is 5.73. The summed E-state index contributed by atoms with van der Waals surface area (Å²) in [5, 5.41) is 2.24. The van der Waals surface area contributed by atoms with Crippen LogP contribution in [-0.4, -0.2) is 0 Å². The van der Waals surface area contributed by atoms with Gasteiger partial charge >= 0.3 is 0 Å². The first-order valence-corrected chi connectivity index (χ1v) is 5.56. The third-order valence-corrected chi connectivity index (χ3v) is 2.60. The number of ether oxygens (including phenoxy) is 1. The monoisotopic (exact) mass is 219 g/mol. The number of hydrogen-bond donors (Lipinski definition) is 0. The Bertz CT molecular complexity index is 629. The van der Waals surface area contributed by atoms with E-state index in [1.807, 2.05) is 60.7 Å². The molecule has 0 heterocycles. The summed E-state index contributed by atoms with van der Waals surface area (Å²) in [7, 11) is 0. The van der Waals surface area contributed by atoms with Crippen molar-refractivity contribution in [2.24, 2.45) is 0 Å². The smallest absolute Gasteiger partial charge is 0.136 e. The molecule has 0 amide bonds. The second kappa shape index (κ2) is 4.30. The molecule has 0 fully saturated rings. The van der Waals surface area contributed by atoms with Crippen molar-refractivity contribution in [1.82, 2.24) is 0 Å². The van der Waals surface area contributed by atoms with Gasteiger partial charge in [-0.25, -0.2) is 0 Å². The lowest BCUT2D eigenvalue weighted by Crippen LogP contribution is -1.83. The number of hydrogen-bond acceptors (Lipinski definition) is 1. The van der Waals surface area contributed by atoms with Gasteiger partial charge in [0.25, 0.3) is 0 Å². The summed E-state index contributed by atoms with van der Waals surface area (Å²) >= 11 is 0. The van der Waals surface area contributed by atoms with Gasteiger partial charge in [-0.1, -0.05) is 48.5 Å². The van der Waals surface area contributed by atoms with E-state index in [-0.39, 0.29) is 0 Å². The van der Waals surface area contributed by atoms with Crippen molar-refractivity contribution in [1.29, 1.82) is 0 Å². The maximum atomic E-state index is 5.73. The van der Waals surface area contributed by atoms with Crippen LogP contribution in [0.15, 0.2) is 66.7 Å². The molecule has 3 rings (SSSR count). The van der Waals surface area contributed by atoms with Gasteiger partial charge in [0.05, 0.1) is 0 Å². The fourth-order valence-electron chi connectivity index (χ4n) is 1.77. The normalized spacial score (nSPS) is 10.4. The van der Waals surface area contributed by atoms with Crippen LogP contribution >= 0.6 is 0 Å². The number of fused-ring (bicyclic) bond motifs is 1. The zero-order chi connectivity index (χ0) is 11.5. The Morgan fingerprint density at radius 1 is 0.706 bits per heavy atom.